The van der Waals surface area contributed by atoms with Crippen LogP contribution in [0.25, 0.3) is 0 Å². The van der Waals surface area contributed by atoms with E-state index in [1.807, 2.05) is 0 Å². The molecular formula is C9H13NO3. The van der Waals surface area contributed by atoms with Crippen LogP contribution in [0.2, 0.25) is 0 Å². The highest BCUT2D eigenvalue weighted by Crippen LogP contribution is 2.14. The molecule has 0 unspecified atom stereocenters. The van der Waals surface area contributed by atoms with E-state index in [0.717, 1.165) is 0 Å². The number of carbonyl (C=O) groups excluding carboxylic acids is 1. The van der Waals surface area contributed by atoms with E-state index in [9.17, 15) is 4.79 Å². The highest BCUT2D eigenvalue weighted by atomic mass is 16.6. The van der Waals surface area contributed by atoms with Gasteiger partial charge in [-0.3, -0.25) is 0 Å². The number of nitrogens with one attached hydrogen (secondary N) is 1. The van der Waals surface area contributed by atoms with Gasteiger partial charge in [0.25, 0.3) is 0 Å². The molecule has 0 fully saturated rings. The van der Waals surface area contributed by atoms with Crippen molar-refractivity contribution >= 4 is 5.97 Å². The molecule has 0 aliphatic carbocycles. The molecule has 72 valence electrons. The van der Waals surface area contributed by atoms with Crippen molar-refractivity contribution in [1.82, 2.24) is 4.98 Å². The number of aromatic hydroxyl groups is 1. The Bertz CT molecular complexity index is 309. The van der Waals surface area contributed by atoms with E-state index < -0.39 is 11.6 Å². The third-order valence-corrected chi connectivity index (χ3v) is 1.29. The lowest BCUT2D eigenvalue weighted by Gasteiger charge is -2.18. The van der Waals surface area contributed by atoms with Crippen LogP contribution in [0.5, 0.6) is 5.75 Å². The molecule has 4 heteroatoms. The van der Waals surface area contributed by atoms with Gasteiger partial charge in [-0.05, 0) is 20.8 Å². The second-order valence-electron chi connectivity index (χ2n) is 3.77. The number of aromatic amines is 1. The second-order valence-corrected chi connectivity index (χ2v) is 3.77. The van der Waals surface area contributed by atoms with Gasteiger partial charge in [0.1, 0.15) is 17.0 Å². The van der Waals surface area contributed by atoms with Gasteiger partial charge in [0, 0.05) is 12.3 Å². The summed E-state index contributed by atoms with van der Waals surface area (Å²) in [4.78, 5) is 13.9. The average Bonchev–Trinajstić information content (AvgIpc) is 2.31. The number of H-pyrrole nitrogens is 1. The molecule has 0 spiro atoms. The SMILES string of the molecule is CC(C)(C)OC(=O)c1cc(O)c[nH]1. The lowest BCUT2D eigenvalue weighted by Crippen LogP contribution is -2.24. The maximum atomic E-state index is 11.3. The van der Waals surface area contributed by atoms with Crippen LogP contribution < -0.4 is 0 Å². The Morgan fingerprint density at radius 3 is 2.54 bits per heavy atom. The number of ether oxygens (including phenoxy) is 1. The zero-order valence-electron chi connectivity index (χ0n) is 7.92. The van der Waals surface area contributed by atoms with Gasteiger partial charge in [-0.15, -0.1) is 0 Å². The summed E-state index contributed by atoms with van der Waals surface area (Å²) in [7, 11) is 0. The Labute approximate surface area is 76.5 Å². The molecule has 4 nitrogen and oxygen atoms in total. The van der Waals surface area contributed by atoms with Gasteiger partial charge in [0.15, 0.2) is 0 Å². The molecule has 1 aromatic rings. The fourth-order valence-electron chi connectivity index (χ4n) is 0.834. The van der Waals surface area contributed by atoms with Crippen molar-refractivity contribution in [2.75, 3.05) is 0 Å². The molecule has 0 aliphatic heterocycles. The lowest BCUT2D eigenvalue weighted by atomic mass is 10.2. The van der Waals surface area contributed by atoms with Crippen molar-refractivity contribution in [3.63, 3.8) is 0 Å². The number of hydrogen-bond donors (Lipinski definition) is 2. The van der Waals surface area contributed by atoms with E-state index in [0.29, 0.717) is 0 Å². The molecule has 0 aromatic carbocycles. The maximum absolute atomic E-state index is 11.3. The molecule has 1 rings (SSSR count). The van der Waals surface area contributed by atoms with E-state index in [-0.39, 0.29) is 11.4 Å². The first-order valence-electron chi connectivity index (χ1n) is 3.99. The minimum Gasteiger partial charge on any atom is -0.506 e. The van der Waals surface area contributed by atoms with Crippen LogP contribution in [-0.2, 0) is 4.74 Å². The predicted octanol–water partition coefficient (Wildman–Crippen LogP) is 1.68. The van der Waals surface area contributed by atoms with Gasteiger partial charge in [0.05, 0.1) is 0 Å². The molecule has 0 saturated carbocycles. The zero-order valence-corrected chi connectivity index (χ0v) is 7.92. The van der Waals surface area contributed by atoms with Gasteiger partial charge in [-0.25, -0.2) is 4.79 Å². The molecule has 0 aliphatic rings. The van der Waals surface area contributed by atoms with Crippen molar-refractivity contribution in [2.45, 2.75) is 26.4 Å². The molecule has 1 aromatic heterocycles. The first kappa shape index (κ1) is 9.64. The average molecular weight is 183 g/mol. The van der Waals surface area contributed by atoms with E-state index in [4.69, 9.17) is 9.84 Å². The zero-order chi connectivity index (χ0) is 10.1. The van der Waals surface area contributed by atoms with Gasteiger partial charge < -0.3 is 14.8 Å². The van der Waals surface area contributed by atoms with E-state index >= 15 is 0 Å². The molecular weight excluding hydrogens is 170 g/mol. The third-order valence-electron chi connectivity index (χ3n) is 1.29. The van der Waals surface area contributed by atoms with Crippen molar-refractivity contribution < 1.29 is 14.6 Å². The summed E-state index contributed by atoms with van der Waals surface area (Å²) >= 11 is 0. The summed E-state index contributed by atoms with van der Waals surface area (Å²) in [6.07, 6.45) is 1.33. The first-order chi connectivity index (χ1) is 5.88. The molecule has 13 heavy (non-hydrogen) atoms. The Balaban J connectivity index is 2.70. The predicted molar refractivity (Wildman–Crippen MR) is 47.6 cm³/mol. The Morgan fingerprint density at radius 2 is 2.15 bits per heavy atom. The quantitative estimate of drug-likeness (QED) is 0.651. The van der Waals surface area contributed by atoms with Crippen LogP contribution in [-0.4, -0.2) is 21.7 Å². The largest absolute Gasteiger partial charge is 0.506 e. The van der Waals surface area contributed by atoms with E-state index in [2.05, 4.69) is 4.98 Å². The monoisotopic (exact) mass is 183 g/mol. The molecule has 0 bridgehead atoms. The van der Waals surface area contributed by atoms with Gasteiger partial charge >= 0.3 is 5.97 Å². The molecule has 2 N–H and O–H groups in total. The summed E-state index contributed by atoms with van der Waals surface area (Å²) in [5.41, 5.74) is -0.259. The Kier molecular flexibility index (Phi) is 2.32. The number of rotatable bonds is 1. The van der Waals surface area contributed by atoms with Crippen LogP contribution in [0.3, 0.4) is 0 Å². The van der Waals surface area contributed by atoms with Crippen molar-refractivity contribution in [2.24, 2.45) is 0 Å². The summed E-state index contributed by atoms with van der Waals surface area (Å²) in [6, 6.07) is 1.33. The maximum Gasteiger partial charge on any atom is 0.355 e. The minimum absolute atomic E-state index is 0.0286. The van der Waals surface area contributed by atoms with Crippen molar-refractivity contribution in [3.05, 3.63) is 18.0 Å². The van der Waals surface area contributed by atoms with Gasteiger partial charge in [-0.2, -0.15) is 0 Å². The summed E-state index contributed by atoms with van der Waals surface area (Å²) in [6.45, 7) is 5.36. The number of carbonyl (C=O) groups is 1. The van der Waals surface area contributed by atoms with Crippen LogP contribution in [0, 0.1) is 0 Å². The number of aromatic nitrogens is 1. The normalized spacial score (nSPS) is 11.3. The van der Waals surface area contributed by atoms with Crippen LogP contribution in [0.15, 0.2) is 12.3 Å². The highest BCUT2D eigenvalue weighted by molar-refractivity contribution is 5.88. The van der Waals surface area contributed by atoms with Crippen molar-refractivity contribution in [1.29, 1.82) is 0 Å². The smallest absolute Gasteiger partial charge is 0.355 e. The topological polar surface area (TPSA) is 62.3 Å². The third kappa shape index (κ3) is 2.82. The van der Waals surface area contributed by atoms with Crippen LogP contribution >= 0.6 is 0 Å². The van der Waals surface area contributed by atoms with Gasteiger partial charge in [-0.1, -0.05) is 0 Å². The fraction of sp³-hybridized carbons (Fsp3) is 0.444. The second kappa shape index (κ2) is 3.12. The lowest BCUT2D eigenvalue weighted by molar-refractivity contribution is 0.00634. The summed E-state index contributed by atoms with van der Waals surface area (Å²) in [5.74, 6) is -0.436. The molecule has 0 radical (unpaired) electrons. The van der Waals surface area contributed by atoms with Crippen molar-refractivity contribution in [3.8, 4) is 5.75 Å². The van der Waals surface area contributed by atoms with Crippen LogP contribution in [0.4, 0.5) is 0 Å². The molecule has 1 heterocycles. The summed E-state index contributed by atoms with van der Waals surface area (Å²) < 4.78 is 5.06. The standard InChI is InChI=1S/C9H13NO3/c1-9(2,3)13-8(12)7-4-6(11)5-10-7/h4-5,10-11H,1-3H3. The van der Waals surface area contributed by atoms with Crippen LogP contribution in [0.1, 0.15) is 31.3 Å². The highest BCUT2D eigenvalue weighted by Gasteiger charge is 2.18. The Hall–Kier alpha value is -1.45. The van der Waals surface area contributed by atoms with E-state index in [1.54, 1.807) is 20.8 Å². The minimum atomic E-state index is -0.516. The first-order valence-corrected chi connectivity index (χ1v) is 3.99. The molecule has 0 saturated heterocycles. The number of hydrogen-bond acceptors (Lipinski definition) is 3. The van der Waals surface area contributed by atoms with Gasteiger partial charge in [0.2, 0.25) is 0 Å². The molecule has 0 amide bonds. The van der Waals surface area contributed by atoms with E-state index in [1.165, 1.54) is 12.3 Å². The summed E-state index contributed by atoms with van der Waals surface area (Å²) in [5, 5.41) is 8.96. The fourth-order valence-corrected chi connectivity index (χ4v) is 0.834. The molecule has 0 atom stereocenters. The Morgan fingerprint density at radius 1 is 1.54 bits per heavy atom. The number of esters is 1.